The molecule has 1 aromatic carbocycles. The molecule has 0 saturated heterocycles. The van der Waals surface area contributed by atoms with Gasteiger partial charge in [0.15, 0.2) is 12.0 Å². The van der Waals surface area contributed by atoms with Gasteiger partial charge in [-0.15, -0.1) is 0 Å². The highest BCUT2D eigenvalue weighted by Crippen LogP contribution is 2.17. The van der Waals surface area contributed by atoms with Gasteiger partial charge in [0.2, 0.25) is 6.29 Å². The zero-order valence-electron chi connectivity index (χ0n) is 7.06. The van der Waals surface area contributed by atoms with Crippen LogP contribution in [0.25, 0.3) is 11.1 Å². The lowest BCUT2D eigenvalue weighted by atomic mass is 10.3. The van der Waals surface area contributed by atoms with Crippen molar-refractivity contribution in [2.24, 2.45) is 0 Å². The molecule has 0 bridgehead atoms. The fourth-order valence-electron chi connectivity index (χ4n) is 1.10. The van der Waals surface area contributed by atoms with E-state index in [2.05, 4.69) is 10.3 Å². The maximum atomic E-state index is 10.7. The summed E-state index contributed by atoms with van der Waals surface area (Å²) < 4.78 is 5.02. The Labute approximate surface area is 78.7 Å². The first-order valence-corrected chi connectivity index (χ1v) is 3.89. The smallest absolute Gasteiger partial charge is 0.288 e. The van der Waals surface area contributed by atoms with Gasteiger partial charge in [-0.05, 0) is 12.1 Å². The van der Waals surface area contributed by atoms with Gasteiger partial charge in [0, 0.05) is 11.8 Å². The highest BCUT2D eigenvalue weighted by Gasteiger charge is 2.02. The van der Waals surface area contributed by atoms with Crippen molar-refractivity contribution >= 4 is 29.0 Å². The summed E-state index contributed by atoms with van der Waals surface area (Å²) in [6.07, 6.45) is 1.53. The Kier molecular flexibility index (Phi) is 1.98. The van der Waals surface area contributed by atoms with Crippen LogP contribution in [0.15, 0.2) is 29.0 Å². The van der Waals surface area contributed by atoms with E-state index in [0.717, 1.165) is 0 Å². The molecule has 1 heterocycles. The summed E-state index contributed by atoms with van der Waals surface area (Å²) in [6.45, 7) is 0. The van der Waals surface area contributed by atoms with Crippen LogP contribution in [0.2, 0.25) is 0 Å². The number of fused-ring (bicyclic) bond motifs is 1. The van der Waals surface area contributed by atoms with E-state index in [1.807, 2.05) is 0 Å². The predicted molar refractivity (Wildman–Crippen MR) is 48.7 cm³/mol. The van der Waals surface area contributed by atoms with Gasteiger partial charge in [-0.3, -0.25) is 9.59 Å². The van der Waals surface area contributed by atoms with Crippen LogP contribution in [0.5, 0.6) is 0 Å². The number of anilines is 1. The minimum atomic E-state index is -0.691. The third-order valence-electron chi connectivity index (χ3n) is 1.71. The molecule has 2 rings (SSSR count). The number of nitrogens with one attached hydrogen (secondary N) is 1. The zero-order valence-corrected chi connectivity index (χ0v) is 7.06. The standard InChI is InChI=1S/C9H6N2O3/c12-4-9(13)11-6-1-2-7-8(3-6)14-5-10-7/h1-5H,(H,11,13). The minimum absolute atomic E-state index is 0.213. The van der Waals surface area contributed by atoms with Crippen molar-refractivity contribution in [2.45, 2.75) is 0 Å². The van der Waals surface area contributed by atoms with E-state index in [9.17, 15) is 9.59 Å². The average Bonchev–Trinajstić information content (AvgIpc) is 2.64. The van der Waals surface area contributed by atoms with Crippen molar-refractivity contribution in [3.63, 3.8) is 0 Å². The highest BCUT2D eigenvalue weighted by molar-refractivity contribution is 6.29. The SMILES string of the molecule is O=CC(=O)Nc1ccc2ncoc2c1. The van der Waals surface area contributed by atoms with Gasteiger partial charge in [0.05, 0.1) is 0 Å². The molecule has 0 fully saturated rings. The lowest BCUT2D eigenvalue weighted by Crippen LogP contribution is -2.11. The predicted octanol–water partition coefficient (Wildman–Crippen LogP) is 0.965. The number of carbonyl (C=O) groups is 2. The molecule has 2 aromatic rings. The number of aromatic nitrogens is 1. The van der Waals surface area contributed by atoms with Gasteiger partial charge in [-0.2, -0.15) is 0 Å². The van der Waals surface area contributed by atoms with E-state index in [-0.39, 0.29) is 6.29 Å². The fraction of sp³-hybridized carbons (Fsp3) is 0. The zero-order chi connectivity index (χ0) is 9.97. The molecule has 1 N–H and O–H groups in total. The van der Waals surface area contributed by atoms with Crippen LogP contribution >= 0.6 is 0 Å². The Bertz CT molecular complexity index is 490. The van der Waals surface area contributed by atoms with Crippen molar-refractivity contribution in [2.75, 3.05) is 5.32 Å². The normalized spacial score (nSPS) is 10.0. The second kappa shape index (κ2) is 3.29. The van der Waals surface area contributed by atoms with E-state index < -0.39 is 5.91 Å². The van der Waals surface area contributed by atoms with Crippen LogP contribution < -0.4 is 5.32 Å². The molecule has 5 heteroatoms. The van der Waals surface area contributed by atoms with Gasteiger partial charge in [-0.1, -0.05) is 0 Å². The summed E-state index contributed by atoms with van der Waals surface area (Å²) in [5, 5.41) is 2.38. The van der Waals surface area contributed by atoms with Gasteiger partial charge < -0.3 is 9.73 Å². The lowest BCUT2D eigenvalue weighted by Gasteiger charge is -1.98. The number of hydrogen-bond acceptors (Lipinski definition) is 4. The van der Waals surface area contributed by atoms with Gasteiger partial charge in [0.1, 0.15) is 5.52 Å². The highest BCUT2D eigenvalue weighted by atomic mass is 16.3. The summed E-state index contributed by atoms with van der Waals surface area (Å²) in [7, 11) is 0. The molecule has 0 atom stereocenters. The molecular formula is C9H6N2O3. The number of rotatable bonds is 2. The summed E-state index contributed by atoms with van der Waals surface area (Å²) in [5.74, 6) is -0.691. The molecule has 14 heavy (non-hydrogen) atoms. The topological polar surface area (TPSA) is 72.2 Å². The van der Waals surface area contributed by atoms with Gasteiger partial charge in [0.25, 0.3) is 5.91 Å². The van der Waals surface area contributed by atoms with Crippen LogP contribution in [0.3, 0.4) is 0 Å². The number of oxazole rings is 1. The Balaban J connectivity index is 2.34. The Hall–Kier alpha value is -2.17. The van der Waals surface area contributed by atoms with Crippen LogP contribution in [0.4, 0.5) is 5.69 Å². The minimum Gasteiger partial charge on any atom is -0.443 e. The van der Waals surface area contributed by atoms with Crippen molar-refractivity contribution in [3.8, 4) is 0 Å². The second-order valence-corrected chi connectivity index (χ2v) is 2.64. The van der Waals surface area contributed by atoms with Crippen molar-refractivity contribution in [3.05, 3.63) is 24.6 Å². The number of amides is 1. The first-order valence-electron chi connectivity index (χ1n) is 3.89. The summed E-state index contributed by atoms with van der Waals surface area (Å²) >= 11 is 0. The summed E-state index contributed by atoms with van der Waals surface area (Å²) in [4.78, 5) is 24.7. The molecule has 0 aliphatic heterocycles. The van der Waals surface area contributed by atoms with E-state index in [1.165, 1.54) is 6.39 Å². The molecule has 0 aliphatic carbocycles. The molecule has 0 aliphatic rings. The van der Waals surface area contributed by atoms with Gasteiger partial charge in [-0.25, -0.2) is 4.98 Å². The largest absolute Gasteiger partial charge is 0.443 e. The molecule has 0 saturated carbocycles. The van der Waals surface area contributed by atoms with Crippen molar-refractivity contribution in [1.82, 2.24) is 4.98 Å². The molecular weight excluding hydrogens is 184 g/mol. The maximum absolute atomic E-state index is 10.7. The third kappa shape index (κ3) is 1.47. The molecule has 1 aromatic heterocycles. The molecule has 1 amide bonds. The maximum Gasteiger partial charge on any atom is 0.288 e. The number of aldehydes is 1. The molecule has 0 radical (unpaired) electrons. The third-order valence-corrected chi connectivity index (χ3v) is 1.71. The molecule has 5 nitrogen and oxygen atoms in total. The number of nitrogens with zero attached hydrogens (tertiary/aromatic N) is 1. The lowest BCUT2D eigenvalue weighted by molar-refractivity contribution is -0.127. The molecule has 0 unspecified atom stereocenters. The number of benzene rings is 1. The van der Waals surface area contributed by atoms with Gasteiger partial charge >= 0.3 is 0 Å². The van der Waals surface area contributed by atoms with E-state index in [1.54, 1.807) is 18.2 Å². The van der Waals surface area contributed by atoms with Crippen LogP contribution in [-0.4, -0.2) is 17.2 Å². The number of hydrogen-bond donors (Lipinski definition) is 1. The molecule has 0 spiro atoms. The van der Waals surface area contributed by atoms with E-state index >= 15 is 0 Å². The first kappa shape index (κ1) is 8.43. The second-order valence-electron chi connectivity index (χ2n) is 2.64. The average molecular weight is 190 g/mol. The van der Waals surface area contributed by atoms with E-state index in [0.29, 0.717) is 16.8 Å². The van der Waals surface area contributed by atoms with E-state index in [4.69, 9.17) is 4.42 Å². The quantitative estimate of drug-likeness (QED) is 0.565. The van der Waals surface area contributed by atoms with Crippen LogP contribution in [0.1, 0.15) is 0 Å². The number of carbonyl (C=O) groups excluding carboxylic acids is 2. The Morgan fingerprint density at radius 1 is 1.50 bits per heavy atom. The molecule has 70 valence electrons. The monoisotopic (exact) mass is 190 g/mol. The Morgan fingerprint density at radius 3 is 3.14 bits per heavy atom. The van der Waals surface area contributed by atoms with Crippen molar-refractivity contribution < 1.29 is 14.0 Å². The van der Waals surface area contributed by atoms with Crippen molar-refractivity contribution in [1.29, 1.82) is 0 Å². The fourth-order valence-corrected chi connectivity index (χ4v) is 1.10. The summed E-state index contributed by atoms with van der Waals surface area (Å²) in [5.41, 5.74) is 1.77. The van der Waals surface area contributed by atoms with Crippen LogP contribution in [0, 0.1) is 0 Å². The summed E-state index contributed by atoms with van der Waals surface area (Å²) in [6, 6.07) is 4.94. The van der Waals surface area contributed by atoms with Crippen LogP contribution in [-0.2, 0) is 9.59 Å². The first-order chi connectivity index (χ1) is 6.79. The Morgan fingerprint density at radius 2 is 2.36 bits per heavy atom.